The fourth-order valence-corrected chi connectivity index (χ4v) is 5.90. The highest BCUT2D eigenvalue weighted by molar-refractivity contribution is 6.07. The number of benzene rings is 2. The van der Waals surface area contributed by atoms with Crippen LogP contribution in [0.3, 0.4) is 0 Å². The SMILES string of the molecule is CCCCc1nc2c(n1Cc1ccc(-c3ccccc3OC(=O)O)cc1)CC(=NC(=O)C1CC(C)=C(C)CC1C=O)C=C2.O. The molecule has 2 aliphatic carbocycles. The number of ether oxygens (including phenoxy) is 1. The number of imidazole rings is 1. The van der Waals surface area contributed by atoms with Crippen molar-refractivity contribution in [2.75, 3.05) is 0 Å². The lowest BCUT2D eigenvalue weighted by Crippen LogP contribution is -2.29. The Labute approximate surface area is 257 Å². The molecule has 0 fully saturated rings. The summed E-state index contributed by atoms with van der Waals surface area (Å²) in [4.78, 5) is 45.7. The van der Waals surface area contributed by atoms with E-state index in [1.165, 1.54) is 11.1 Å². The van der Waals surface area contributed by atoms with Gasteiger partial charge in [-0.25, -0.2) is 14.8 Å². The molecule has 1 aromatic heterocycles. The molecule has 0 aliphatic heterocycles. The molecule has 0 spiro atoms. The minimum atomic E-state index is -1.35. The van der Waals surface area contributed by atoms with E-state index < -0.39 is 12.1 Å². The number of nitrogens with zero attached hydrogens (tertiary/aromatic N) is 3. The normalized spacial score (nSPS) is 18.5. The summed E-state index contributed by atoms with van der Waals surface area (Å²) >= 11 is 0. The standard InChI is InChI=1S/C35H37N3O5.H2O/c1-4-5-10-33-37-30-16-15-27(36-34(40)29-18-23(3)22(2)17-26(29)21-39)19-31(30)38(33)20-24-11-13-25(14-12-24)28-8-6-7-9-32(28)43-35(41)42;/h6-9,11-16,21,26,29H,4-5,10,17-20H2,1-3H3,(H,41,42);1H2. The lowest BCUT2D eigenvalue weighted by molar-refractivity contribution is -0.127. The molecule has 2 aliphatic rings. The van der Waals surface area contributed by atoms with Crippen molar-refractivity contribution >= 4 is 30.1 Å². The van der Waals surface area contributed by atoms with Gasteiger partial charge in [0.05, 0.1) is 23.0 Å². The monoisotopic (exact) mass is 597 g/mol. The van der Waals surface area contributed by atoms with Crippen LogP contribution in [-0.2, 0) is 29.0 Å². The van der Waals surface area contributed by atoms with Crippen LogP contribution >= 0.6 is 0 Å². The number of hydrogen-bond acceptors (Lipinski definition) is 5. The van der Waals surface area contributed by atoms with Crippen LogP contribution in [0.1, 0.15) is 69.2 Å². The summed E-state index contributed by atoms with van der Waals surface area (Å²) in [6.07, 6.45) is 7.94. The molecule has 0 radical (unpaired) electrons. The maximum absolute atomic E-state index is 13.3. The van der Waals surface area contributed by atoms with Gasteiger partial charge >= 0.3 is 6.16 Å². The summed E-state index contributed by atoms with van der Waals surface area (Å²) in [6, 6.07) is 15.0. The van der Waals surface area contributed by atoms with Gasteiger partial charge in [0.1, 0.15) is 17.9 Å². The Kier molecular flexibility index (Phi) is 10.4. The molecule has 2 unspecified atom stereocenters. The largest absolute Gasteiger partial charge is 0.511 e. The Morgan fingerprint density at radius 1 is 1.07 bits per heavy atom. The summed E-state index contributed by atoms with van der Waals surface area (Å²) in [5, 5.41) is 9.11. The second-order valence-corrected chi connectivity index (χ2v) is 11.4. The minimum Gasteiger partial charge on any atom is -0.449 e. The first kappa shape index (κ1) is 32.3. The molecule has 3 aromatic rings. The van der Waals surface area contributed by atoms with Crippen LogP contribution in [0.25, 0.3) is 17.2 Å². The van der Waals surface area contributed by atoms with Gasteiger partial charge in [0.15, 0.2) is 0 Å². The van der Waals surface area contributed by atoms with Gasteiger partial charge in [-0.1, -0.05) is 67.0 Å². The average molecular weight is 598 g/mol. The number of fused-ring (bicyclic) bond motifs is 1. The van der Waals surface area contributed by atoms with Crippen LogP contribution in [-0.4, -0.2) is 44.2 Å². The van der Waals surface area contributed by atoms with Crippen molar-refractivity contribution in [2.45, 2.75) is 65.8 Å². The van der Waals surface area contributed by atoms with E-state index in [-0.39, 0.29) is 23.1 Å². The quantitative estimate of drug-likeness (QED) is 0.133. The highest BCUT2D eigenvalue weighted by Gasteiger charge is 2.33. The second-order valence-electron chi connectivity index (χ2n) is 11.4. The van der Waals surface area contributed by atoms with Crippen molar-refractivity contribution in [1.82, 2.24) is 9.55 Å². The van der Waals surface area contributed by atoms with E-state index in [4.69, 9.17) is 14.8 Å². The zero-order valence-corrected chi connectivity index (χ0v) is 25.4. The van der Waals surface area contributed by atoms with Gasteiger partial charge in [-0.3, -0.25) is 4.79 Å². The molecule has 3 N–H and O–H groups in total. The summed E-state index contributed by atoms with van der Waals surface area (Å²) in [7, 11) is 0. The fraction of sp³-hybridized carbons (Fsp3) is 0.343. The molecule has 44 heavy (non-hydrogen) atoms. The lowest BCUT2D eigenvalue weighted by Gasteiger charge is -2.27. The molecule has 0 bridgehead atoms. The third-order valence-electron chi connectivity index (χ3n) is 8.47. The van der Waals surface area contributed by atoms with Gasteiger partial charge in [-0.15, -0.1) is 0 Å². The van der Waals surface area contributed by atoms with Gasteiger partial charge in [0, 0.05) is 30.9 Å². The molecule has 9 heteroatoms. The van der Waals surface area contributed by atoms with Crippen molar-refractivity contribution in [1.29, 1.82) is 0 Å². The summed E-state index contributed by atoms with van der Waals surface area (Å²) in [5.41, 5.74) is 7.57. The first-order valence-corrected chi connectivity index (χ1v) is 14.8. The number of rotatable bonds is 9. The first-order valence-electron chi connectivity index (χ1n) is 14.8. The van der Waals surface area contributed by atoms with Gasteiger partial charge < -0.3 is 24.7 Å². The first-order chi connectivity index (χ1) is 20.8. The van der Waals surface area contributed by atoms with Crippen molar-refractivity contribution in [3.8, 4) is 16.9 Å². The molecule has 2 aromatic carbocycles. The van der Waals surface area contributed by atoms with Crippen LogP contribution < -0.4 is 4.74 Å². The van der Waals surface area contributed by atoms with E-state index in [2.05, 4.69) is 16.5 Å². The number of aromatic nitrogens is 2. The van der Waals surface area contributed by atoms with Crippen molar-refractivity contribution in [3.63, 3.8) is 0 Å². The molecule has 230 valence electrons. The zero-order chi connectivity index (χ0) is 30.5. The van der Waals surface area contributed by atoms with E-state index >= 15 is 0 Å². The highest BCUT2D eigenvalue weighted by atomic mass is 16.7. The predicted octanol–water partition coefficient (Wildman–Crippen LogP) is 6.27. The number of para-hydroxylation sites is 1. The molecule has 1 amide bonds. The average Bonchev–Trinajstić information content (AvgIpc) is 3.33. The number of aldehydes is 1. The van der Waals surface area contributed by atoms with Crippen LogP contribution in [0.4, 0.5) is 4.79 Å². The number of aliphatic imine (C=N–C) groups is 1. The number of hydrogen-bond donors (Lipinski definition) is 1. The van der Waals surface area contributed by atoms with Gasteiger partial charge in [0.25, 0.3) is 0 Å². The van der Waals surface area contributed by atoms with Crippen LogP contribution in [0.15, 0.2) is 70.7 Å². The number of carbonyl (C=O) groups excluding carboxylic acids is 2. The Balaban J connectivity index is 0.00000442. The molecular weight excluding hydrogens is 558 g/mol. The topological polar surface area (TPSA) is 142 Å². The molecular formula is C35H39N3O6. The second kappa shape index (κ2) is 14.2. The summed E-state index contributed by atoms with van der Waals surface area (Å²) in [5.74, 6) is 0.305. The van der Waals surface area contributed by atoms with Crippen LogP contribution in [0, 0.1) is 11.8 Å². The number of allylic oxidation sites excluding steroid dienone is 3. The molecule has 0 saturated heterocycles. The number of carboxylic acid groups (broad SMARTS) is 1. The molecule has 5 rings (SSSR count). The molecule has 2 atom stereocenters. The third-order valence-corrected chi connectivity index (χ3v) is 8.47. The molecule has 1 heterocycles. The number of aryl methyl sites for hydroxylation is 1. The summed E-state index contributed by atoms with van der Waals surface area (Å²) < 4.78 is 7.20. The van der Waals surface area contributed by atoms with E-state index in [0.717, 1.165) is 53.9 Å². The Morgan fingerprint density at radius 2 is 1.80 bits per heavy atom. The van der Waals surface area contributed by atoms with E-state index in [0.29, 0.717) is 37.1 Å². The maximum atomic E-state index is 13.3. The summed E-state index contributed by atoms with van der Waals surface area (Å²) in [6.45, 7) is 6.82. The van der Waals surface area contributed by atoms with Crippen molar-refractivity contribution in [2.24, 2.45) is 16.8 Å². The number of amides is 1. The molecule has 0 saturated carbocycles. The Hall–Kier alpha value is -4.63. The Morgan fingerprint density at radius 3 is 2.50 bits per heavy atom. The Bertz CT molecular complexity index is 1630. The van der Waals surface area contributed by atoms with Crippen LogP contribution in [0.2, 0.25) is 0 Å². The number of carbonyl (C=O) groups is 3. The zero-order valence-electron chi connectivity index (χ0n) is 25.4. The van der Waals surface area contributed by atoms with Crippen molar-refractivity contribution in [3.05, 3.63) is 88.5 Å². The van der Waals surface area contributed by atoms with Gasteiger partial charge in [-0.2, -0.15) is 0 Å². The third kappa shape index (κ3) is 7.11. The van der Waals surface area contributed by atoms with Crippen molar-refractivity contribution < 1.29 is 29.7 Å². The predicted molar refractivity (Wildman–Crippen MR) is 170 cm³/mol. The maximum Gasteiger partial charge on any atom is 0.511 e. The van der Waals surface area contributed by atoms with E-state index in [1.807, 2.05) is 62.4 Å². The van der Waals surface area contributed by atoms with Gasteiger partial charge in [-0.05, 0) is 62.5 Å². The van der Waals surface area contributed by atoms with Gasteiger partial charge in [0.2, 0.25) is 5.91 Å². The highest BCUT2D eigenvalue weighted by Crippen LogP contribution is 2.34. The lowest BCUT2D eigenvalue weighted by atomic mass is 9.77. The van der Waals surface area contributed by atoms with Crippen LogP contribution in [0.5, 0.6) is 5.75 Å². The fourth-order valence-electron chi connectivity index (χ4n) is 5.90. The molecule has 9 nitrogen and oxygen atoms in total. The van der Waals surface area contributed by atoms with E-state index in [1.54, 1.807) is 12.1 Å². The smallest absolute Gasteiger partial charge is 0.449 e. The van der Waals surface area contributed by atoms with E-state index in [9.17, 15) is 14.4 Å². The minimum absolute atomic E-state index is 0. The number of unbranched alkanes of at least 4 members (excludes halogenated alkanes) is 1.